The standard InChI is InChI=1S/C19H17BrN2O3S/c1-25-14-6-3-12(4-7-14)18-19(20)21-17-10-5-13-11-15(26(2,23)24)8-9-16(13)22(17)18/h3-4,6-9,11H,5,10H2,1-2H3. The molecule has 0 saturated carbocycles. The lowest BCUT2D eigenvalue weighted by atomic mass is 10.0. The van der Waals surface area contributed by atoms with Crippen LogP contribution < -0.4 is 4.74 Å². The van der Waals surface area contributed by atoms with Gasteiger partial charge in [-0.05, 0) is 70.4 Å². The highest BCUT2D eigenvalue weighted by Crippen LogP contribution is 2.37. The first kappa shape index (κ1) is 17.3. The third-order valence-corrected chi connectivity index (χ3v) is 6.27. The number of ether oxygens (including phenoxy) is 1. The minimum atomic E-state index is -3.23. The van der Waals surface area contributed by atoms with Crippen LogP contribution in [0.1, 0.15) is 11.4 Å². The van der Waals surface area contributed by atoms with Crippen molar-refractivity contribution in [1.82, 2.24) is 9.55 Å². The van der Waals surface area contributed by atoms with Gasteiger partial charge in [0.25, 0.3) is 0 Å². The highest BCUT2D eigenvalue weighted by atomic mass is 79.9. The summed E-state index contributed by atoms with van der Waals surface area (Å²) in [4.78, 5) is 5.02. The molecule has 134 valence electrons. The van der Waals surface area contributed by atoms with Crippen molar-refractivity contribution in [2.45, 2.75) is 17.7 Å². The molecule has 0 fully saturated rings. The fourth-order valence-corrected chi connectivity index (χ4v) is 4.60. The van der Waals surface area contributed by atoms with Gasteiger partial charge in [0.05, 0.1) is 23.4 Å². The number of aromatic nitrogens is 2. The van der Waals surface area contributed by atoms with E-state index in [-0.39, 0.29) is 0 Å². The largest absolute Gasteiger partial charge is 0.497 e. The maximum absolute atomic E-state index is 11.9. The number of benzene rings is 2. The Morgan fingerprint density at radius 1 is 1.12 bits per heavy atom. The predicted molar refractivity (Wildman–Crippen MR) is 104 cm³/mol. The van der Waals surface area contributed by atoms with Crippen molar-refractivity contribution < 1.29 is 13.2 Å². The van der Waals surface area contributed by atoms with E-state index in [4.69, 9.17) is 4.74 Å². The average molecular weight is 433 g/mol. The molecule has 1 aliphatic heterocycles. The number of hydrogen-bond donors (Lipinski definition) is 0. The molecule has 0 bridgehead atoms. The molecular formula is C19H17BrN2O3S. The van der Waals surface area contributed by atoms with Gasteiger partial charge in [0.15, 0.2) is 9.84 Å². The molecule has 7 heteroatoms. The zero-order valence-electron chi connectivity index (χ0n) is 14.4. The van der Waals surface area contributed by atoms with Crippen LogP contribution in [0.5, 0.6) is 5.75 Å². The number of methoxy groups -OCH3 is 1. The lowest BCUT2D eigenvalue weighted by Crippen LogP contribution is -2.14. The number of sulfone groups is 1. The van der Waals surface area contributed by atoms with Gasteiger partial charge in [-0.25, -0.2) is 13.4 Å². The van der Waals surface area contributed by atoms with Crippen molar-refractivity contribution in [3.63, 3.8) is 0 Å². The van der Waals surface area contributed by atoms with Crippen LogP contribution in [-0.4, -0.2) is 31.3 Å². The molecule has 0 unspecified atom stereocenters. The Kier molecular flexibility index (Phi) is 4.16. The van der Waals surface area contributed by atoms with E-state index in [0.29, 0.717) is 4.90 Å². The second kappa shape index (κ2) is 6.25. The first-order chi connectivity index (χ1) is 12.4. The van der Waals surface area contributed by atoms with E-state index >= 15 is 0 Å². The molecule has 4 rings (SSSR count). The van der Waals surface area contributed by atoms with Gasteiger partial charge in [-0.15, -0.1) is 0 Å². The third kappa shape index (κ3) is 2.85. The van der Waals surface area contributed by atoms with Crippen LogP contribution in [0.25, 0.3) is 16.9 Å². The van der Waals surface area contributed by atoms with E-state index in [0.717, 1.165) is 51.5 Å². The Morgan fingerprint density at radius 3 is 2.50 bits per heavy atom. The number of hydrogen-bond acceptors (Lipinski definition) is 4. The molecule has 2 aromatic carbocycles. The topological polar surface area (TPSA) is 61.2 Å². The van der Waals surface area contributed by atoms with Gasteiger partial charge >= 0.3 is 0 Å². The first-order valence-corrected chi connectivity index (χ1v) is 10.8. The summed E-state index contributed by atoms with van der Waals surface area (Å²) >= 11 is 3.59. The first-order valence-electron chi connectivity index (χ1n) is 8.13. The second-order valence-electron chi connectivity index (χ2n) is 6.29. The van der Waals surface area contributed by atoms with Gasteiger partial charge in [-0.3, -0.25) is 4.57 Å². The summed E-state index contributed by atoms with van der Waals surface area (Å²) in [6.07, 6.45) is 2.76. The lowest BCUT2D eigenvalue weighted by molar-refractivity contribution is 0.415. The maximum Gasteiger partial charge on any atom is 0.175 e. The number of imidazole rings is 1. The Morgan fingerprint density at radius 2 is 1.85 bits per heavy atom. The van der Waals surface area contributed by atoms with Crippen LogP contribution in [0.2, 0.25) is 0 Å². The number of halogens is 1. The lowest BCUT2D eigenvalue weighted by Gasteiger charge is -2.21. The van der Waals surface area contributed by atoms with Gasteiger partial charge in [0.2, 0.25) is 0 Å². The molecule has 1 aromatic heterocycles. The van der Waals surface area contributed by atoms with Gasteiger partial charge in [-0.1, -0.05) is 0 Å². The van der Waals surface area contributed by atoms with Crippen LogP contribution in [0.4, 0.5) is 0 Å². The predicted octanol–water partition coefficient (Wildman–Crippen LogP) is 3.81. The molecule has 5 nitrogen and oxygen atoms in total. The normalized spacial score (nSPS) is 13.2. The Labute approximate surface area is 160 Å². The Balaban J connectivity index is 1.90. The summed E-state index contributed by atoms with van der Waals surface area (Å²) in [7, 11) is -1.59. The van der Waals surface area contributed by atoms with E-state index < -0.39 is 9.84 Å². The van der Waals surface area contributed by atoms with Crippen LogP contribution in [0.15, 0.2) is 52.0 Å². The molecule has 0 radical (unpaired) electrons. The molecule has 3 aromatic rings. The van der Waals surface area contributed by atoms with Crippen LogP contribution in [0.3, 0.4) is 0 Å². The SMILES string of the molecule is COc1ccc(-c2c(Br)nc3n2-c2ccc(S(C)(=O)=O)cc2CC3)cc1. The van der Waals surface area contributed by atoms with Gasteiger partial charge in [0.1, 0.15) is 16.2 Å². The Hall–Kier alpha value is -2.12. The third-order valence-electron chi connectivity index (χ3n) is 4.61. The molecule has 1 aliphatic rings. The summed E-state index contributed by atoms with van der Waals surface area (Å²) in [5, 5.41) is 0. The van der Waals surface area contributed by atoms with Crippen molar-refractivity contribution >= 4 is 25.8 Å². The van der Waals surface area contributed by atoms with E-state index in [1.54, 1.807) is 19.2 Å². The summed E-state index contributed by atoms with van der Waals surface area (Å²) in [6.45, 7) is 0. The van der Waals surface area contributed by atoms with Crippen molar-refractivity contribution in [1.29, 1.82) is 0 Å². The zero-order valence-corrected chi connectivity index (χ0v) is 16.8. The quantitative estimate of drug-likeness (QED) is 0.630. The van der Waals surface area contributed by atoms with E-state index in [1.807, 2.05) is 30.3 Å². The summed E-state index contributed by atoms with van der Waals surface area (Å²) in [5.41, 5.74) is 3.95. The van der Waals surface area contributed by atoms with E-state index in [9.17, 15) is 8.42 Å². The zero-order chi connectivity index (χ0) is 18.5. The molecular weight excluding hydrogens is 416 g/mol. The van der Waals surface area contributed by atoms with Crippen LogP contribution >= 0.6 is 15.9 Å². The van der Waals surface area contributed by atoms with Gasteiger partial charge in [0, 0.05) is 18.2 Å². The van der Waals surface area contributed by atoms with E-state index in [1.165, 1.54) is 6.26 Å². The molecule has 2 heterocycles. The van der Waals surface area contributed by atoms with Crippen molar-refractivity contribution in [2.75, 3.05) is 13.4 Å². The molecule has 0 aliphatic carbocycles. The molecule has 0 saturated heterocycles. The smallest absolute Gasteiger partial charge is 0.175 e. The summed E-state index contributed by atoms with van der Waals surface area (Å²) in [6, 6.07) is 13.1. The highest BCUT2D eigenvalue weighted by Gasteiger charge is 2.25. The van der Waals surface area contributed by atoms with Gasteiger partial charge < -0.3 is 4.74 Å². The van der Waals surface area contributed by atoms with Crippen LogP contribution in [0, 0.1) is 0 Å². The number of rotatable bonds is 3. The maximum atomic E-state index is 11.9. The van der Waals surface area contributed by atoms with Crippen LogP contribution in [-0.2, 0) is 22.7 Å². The number of nitrogens with zero attached hydrogens (tertiary/aromatic N) is 2. The fourth-order valence-electron chi connectivity index (χ4n) is 3.32. The average Bonchev–Trinajstić information content (AvgIpc) is 2.97. The van der Waals surface area contributed by atoms with Crippen molar-refractivity contribution in [2.24, 2.45) is 0 Å². The van der Waals surface area contributed by atoms with Crippen molar-refractivity contribution in [3.8, 4) is 22.7 Å². The minimum absolute atomic E-state index is 0.352. The molecule has 0 atom stereocenters. The highest BCUT2D eigenvalue weighted by molar-refractivity contribution is 9.10. The summed E-state index contributed by atoms with van der Waals surface area (Å²) in [5.74, 6) is 1.75. The summed E-state index contributed by atoms with van der Waals surface area (Å²) < 4.78 is 31.9. The number of aryl methyl sites for hydroxylation is 2. The second-order valence-corrected chi connectivity index (χ2v) is 9.06. The molecule has 26 heavy (non-hydrogen) atoms. The Bertz CT molecular complexity index is 1100. The molecule has 0 amide bonds. The number of fused-ring (bicyclic) bond motifs is 3. The minimum Gasteiger partial charge on any atom is -0.497 e. The molecule has 0 N–H and O–H groups in total. The monoisotopic (exact) mass is 432 g/mol. The van der Waals surface area contributed by atoms with E-state index in [2.05, 4.69) is 25.5 Å². The van der Waals surface area contributed by atoms with Crippen molar-refractivity contribution in [3.05, 3.63) is 58.5 Å². The molecule has 0 spiro atoms. The fraction of sp³-hybridized carbons (Fsp3) is 0.211. The van der Waals surface area contributed by atoms with Gasteiger partial charge in [-0.2, -0.15) is 0 Å².